The first-order chi connectivity index (χ1) is 14.5. The van der Waals surface area contributed by atoms with Gasteiger partial charge in [-0.1, -0.05) is 18.2 Å². The number of H-pyrrole nitrogens is 1. The lowest BCUT2D eigenvalue weighted by Crippen LogP contribution is -2.99. The van der Waals surface area contributed by atoms with E-state index in [-0.39, 0.29) is 24.0 Å². The summed E-state index contributed by atoms with van der Waals surface area (Å²) in [6.45, 7) is 0.266. The highest BCUT2D eigenvalue weighted by Crippen LogP contribution is 2.32. The van der Waals surface area contributed by atoms with Crippen LogP contribution in [0.15, 0.2) is 53.6 Å². The fourth-order valence-corrected chi connectivity index (χ4v) is 4.11. The number of amides is 2. The number of hydrogen-bond donors (Lipinski definition) is 3. The highest BCUT2D eigenvalue weighted by Gasteiger charge is 2.43. The Hall–Kier alpha value is -3.53. The molecule has 3 heterocycles. The van der Waals surface area contributed by atoms with E-state index in [1.165, 1.54) is 23.4 Å². The first kappa shape index (κ1) is 18.5. The molecular formula is C21H19N5O4. The summed E-state index contributed by atoms with van der Waals surface area (Å²) in [4.78, 5) is 30.8. The molecular weight excluding hydrogens is 386 g/mol. The molecule has 1 fully saturated rings. The quantitative estimate of drug-likeness (QED) is 0.439. The second-order valence-electron chi connectivity index (χ2n) is 7.44. The molecule has 152 valence electrons. The molecule has 30 heavy (non-hydrogen) atoms. The van der Waals surface area contributed by atoms with Gasteiger partial charge in [0, 0.05) is 35.2 Å². The van der Waals surface area contributed by atoms with Gasteiger partial charge in [0.2, 0.25) is 5.91 Å². The van der Waals surface area contributed by atoms with Gasteiger partial charge in [-0.3, -0.25) is 9.59 Å². The number of carbonyl (C=O) groups is 2. The molecule has 2 atom stereocenters. The van der Waals surface area contributed by atoms with Crippen LogP contribution < -0.4 is 5.23 Å². The van der Waals surface area contributed by atoms with Crippen molar-refractivity contribution in [3.63, 3.8) is 0 Å². The van der Waals surface area contributed by atoms with Crippen LogP contribution in [0.5, 0.6) is 0 Å². The highest BCUT2D eigenvalue weighted by molar-refractivity contribution is 5.97. The minimum absolute atomic E-state index is 0.116. The Morgan fingerprint density at radius 3 is 2.67 bits per heavy atom. The summed E-state index contributed by atoms with van der Waals surface area (Å²) in [6.07, 6.45) is 1.91. The molecule has 0 aliphatic carbocycles. The third kappa shape index (κ3) is 3.05. The maximum Gasteiger partial charge on any atom is 0.266 e. The van der Waals surface area contributed by atoms with Crippen molar-refractivity contribution in [1.29, 1.82) is 0 Å². The standard InChI is InChI=1S/C21H19N5O4/c27-20-12-25(22-10-13-5-7-14(8-6-13)26(29)30)21(28)19-9-16-15-3-1-2-4-17(15)23-18(16)11-24(19)20/h1-8,10,19,23,26,29H,9,11-12H2/b22-10+/t19-/m1/s1. The van der Waals surface area contributed by atoms with E-state index in [1.54, 1.807) is 17.0 Å². The number of quaternary nitrogens is 1. The Bertz CT molecular complexity index is 1170. The summed E-state index contributed by atoms with van der Waals surface area (Å²) in [5.74, 6) is -0.369. The van der Waals surface area contributed by atoms with Crippen LogP contribution in [0.1, 0.15) is 16.8 Å². The third-order valence-electron chi connectivity index (χ3n) is 5.65. The zero-order valence-electron chi connectivity index (χ0n) is 15.9. The number of aromatic nitrogens is 1. The van der Waals surface area contributed by atoms with Crippen LogP contribution in [-0.2, 0) is 22.6 Å². The lowest BCUT2D eigenvalue weighted by molar-refractivity contribution is -0.991. The second kappa shape index (κ2) is 7.06. The number of aromatic amines is 1. The summed E-state index contributed by atoms with van der Waals surface area (Å²) in [5.41, 5.74) is 3.86. The van der Waals surface area contributed by atoms with Gasteiger partial charge in [-0.25, -0.2) is 10.2 Å². The zero-order valence-corrected chi connectivity index (χ0v) is 15.9. The van der Waals surface area contributed by atoms with Crippen molar-refractivity contribution in [2.45, 2.75) is 19.0 Å². The number of hydrazone groups is 1. The first-order valence-corrected chi connectivity index (χ1v) is 9.58. The lowest BCUT2D eigenvalue weighted by Gasteiger charge is -2.40. The molecule has 2 aliphatic heterocycles. The van der Waals surface area contributed by atoms with E-state index in [0.717, 1.165) is 22.2 Å². The Labute approximate surface area is 171 Å². The van der Waals surface area contributed by atoms with Gasteiger partial charge < -0.3 is 15.1 Å². The van der Waals surface area contributed by atoms with E-state index in [4.69, 9.17) is 5.21 Å². The van der Waals surface area contributed by atoms with Crippen molar-refractivity contribution in [2.75, 3.05) is 6.54 Å². The molecule has 2 aromatic carbocycles. The molecule has 3 N–H and O–H groups in total. The number of benzene rings is 2. The van der Waals surface area contributed by atoms with Gasteiger partial charge in [0.15, 0.2) is 5.69 Å². The number of fused-ring (bicyclic) bond motifs is 4. The smallest absolute Gasteiger partial charge is 0.266 e. The van der Waals surface area contributed by atoms with Crippen LogP contribution >= 0.6 is 0 Å². The number of nitrogens with zero attached hydrogens (tertiary/aromatic N) is 3. The van der Waals surface area contributed by atoms with Crippen LogP contribution in [0.3, 0.4) is 0 Å². The number of nitrogens with one attached hydrogen (secondary N) is 2. The Kier molecular flexibility index (Phi) is 4.35. The number of hydrogen-bond acceptors (Lipinski definition) is 5. The summed E-state index contributed by atoms with van der Waals surface area (Å²) >= 11 is 0. The Balaban J connectivity index is 1.39. The molecule has 3 aromatic rings. The zero-order chi connectivity index (χ0) is 20.8. The molecule has 2 amide bonds. The second-order valence-corrected chi connectivity index (χ2v) is 7.44. The van der Waals surface area contributed by atoms with E-state index in [9.17, 15) is 14.8 Å². The summed E-state index contributed by atoms with van der Waals surface area (Å²) in [7, 11) is 0. The van der Waals surface area contributed by atoms with Gasteiger partial charge in [-0.15, -0.1) is 0 Å². The summed E-state index contributed by atoms with van der Waals surface area (Å²) in [5, 5.41) is 25.4. The Morgan fingerprint density at radius 2 is 1.90 bits per heavy atom. The number of rotatable bonds is 3. The molecule has 0 saturated carbocycles. The Morgan fingerprint density at radius 1 is 1.13 bits per heavy atom. The van der Waals surface area contributed by atoms with E-state index < -0.39 is 11.3 Å². The van der Waals surface area contributed by atoms with E-state index >= 15 is 0 Å². The third-order valence-corrected chi connectivity index (χ3v) is 5.65. The van der Waals surface area contributed by atoms with Crippen molar-refractivity contribution < 1.29 is 20.0 Å². The van der Waals surface area contributed by atoms with E-state index in [1.807, 2.05) is 24.3 Å². The fraction of sp³-hybridized carbons (Fsp3) is 0.190. The molecule has 1 saturated heterocycles. The predicted octanol–water partition coefficient (Wildman–Crippen LogP) is 0.701. The van der Waals surface area contributed by atoms with Crippen LogP contribution in [0.2, 0.25) is 0 Å². The minimum atomic E-state index is -1.01. The molecule has 5 rings (SSSR count). The summed E-state index contributed by atoms with van der Waals surface area (Å²) in [6, 6.07) is 13.5. The molecule has 9 nitrogen and oxygen atoms in total. The van der Waals surface area contributed by atoms with Gasteiger partial charge in [0.1, 0.15) is 12.6 Å². The monoisotopic (exact) mass is 405 g/mol. The van der Waals surface area contributed by atoms with E-state index in [0.29, 0.717) is 18.5 Å². The van der Waals surface area contributed by atoms with Crippen molar-refractivity contribution in [3.8, 4) is 0 Å². The average molecular weight is 405 g/mol. The van der Waals surface area contributed by atoms with Crippen molar-refractivity contribution in [2.24, 2.45) is 5.10 Å². The van der Waals surface area contributed by atoms with Crippen molar-refractivity contribution in [1.82, 2.24) is 14.9 Å². The van der Waals surface area contributed by atoms with Crippen LogP contribution in [-0.4, -0.2) is 50.7 Å². The molecule has 1 aromatic heterocycles. The van der Waals surface area contributed by atoms with Gasteiger partial charge in [0.05, 0.1) is 12.8 Å². The minimum Gasteiger partial charge on any atom is -0.595 e. The van der Waals surface area contributed by atoms with Crippen molar-refractivity contribution in [3.05, 3.63) is 70.6 Å². The number of carbonyl (C=O) groups excluding carboxylic acids is 2. The molecule has 2 aliphatic rings. The highest BCUT2D eigenvalue weighted by atomic mass is 16.8. The van der Waals surface area contributed by atoms with Crippen LogP contribution in [0.4, 0.5) is 5.69 Å². The van der Waals surface area contributed by atoms with Gasteiger partial charge in [-0.2, -0.15) is 10.3 Å². The fourth-order valence-electron chi connectivity index (χ4n) is 4.11. The lowest BCUT2D eigenvalue weighted by atomic mass is 9.94. The van der Waals surface area contributed by atoms with Crippen LogP contribution in [0.25, 0.3) is 10.9 Å². The van der Waals surface area contributed by atoms with Gasteiger partial charge >= 0.3 is 0 Å². The first-order valence-electron chi connectivity index (χ1n) is 9.58. The van der Waals surface area contributed by atoms with Crippen LogP contribution in [0, 0.1) is 5.21 Å². The molecule has 0 spiro atoms. The summed E-state index contributed by atoms with van der Waals surface area (Å²) < 4.78 is 0. The van der Waals surface area contributed by atoms with E-state index in [2.05, 4.69) is 10.1 Å². The van der Waals surface area contributed by atoms with Gasteiger partial charge in [-0.05, 0) is 29.3 Å². The van der Waals surface area contributed by atoms with Gasteiger partial charge in [0.25, 0.3) is 5.91 Å². The molecule has 1 unspecified atom stereocenters. The molecule has 0 radical (unpaired) electrons. The number of piperazine rings is 1. The molecule has 9 heteroatoms. The predicted molar refractivity (Wildman–Crippen MR) is 108 cm³/mol. The average Bonchev–Trinajstić information content (AvgIpc) is 3.12. The maximum atomic E-state index is 13.1. The maximum absolute atomic E-state index is 13.1. The van der Waals surface area contributed by atoms with Crippen molar-refractivity contribution >= 4 is 34.6 Å². The largest absolute Gasteiger partial charge is 0.595 e. The topological polar surface area (TPSA) is 117 Å². The number of para-hydroxylation sites is 1. The SMILES string of the molecule is O=C1[C@H]2Cc3c([nH]c4ccccc34)CN2C(=O)CN1/N=C/c1ccc([NH+]([O-])O)cc1. The normalized spacial score (nSPS) is 20.0. The molecule has 0 bridgehead atoms.